The molecule has 2 heterocycles. The second-order valence-electron chi connectivity index (χ2n) is 8.42. The molecule has 5 nitrogen and oxygen atoms in total. The van der Waals surface area contributed by atoms with Gasteiger partial charge in [-0.1, -0.05) is 24.3 Å². The summed E-state index contributed by atoms with van der Waals surface area (Å²) >= 11 is 0. The minimum Gasteiger partial charge on any atom is -0.439 e. The van der Waals surface area contributed by atoms with Crippen LogP contribution in [0.2, 0.25) is 0 Å². The van der Waals surface area contributed by atoms with Gasteiger partial charge in [0, 0.05) is 60.4 Å². The van der Waals surface area contributed by atoms with Gasteiger partial charge >= 0.3 is 5.97 Å². The molecular formula is C28H33N3O2. The third kappa shape index (κ3) is 3.86. The Balaban J connectivity index is 1.89. The van der Waals surface area contributed by atoms with Crippen molar-refractivity contribution in [3.63, 3.8) is 0 Å². The van der Waals surface area contributed by atoms with Gasteiger partial charge in [-0.3, -0.25) is 0 Å². The van der Waals surface area contributed by atoms with Crippen LogP contribution in [0, 0.1) is 6.92 Å². The molecule has 0 spiro atoms. The number of aromatic nitrogens is 1. The summed E-state index contributed by atoms with van der Waals surface area (Å²) in [6.07, 6.45) is 1.73. The normalized spacial score (nSPS) is 14.0. The maximum Gasteiger partial charge on any atom is 0.358 e. The maximum absolute atomic E-state index is 13.0. The maximum atomic E-state index is 13.0. The Morgan fingerprint density at radius 1 is 0.788 bits per heavy atom. The molecule has 0 saturated heterocycles. The van der Waals surface area contributed by atoms with E-state index in [0.29, 0.717) is 5.69 Å². The summed E-state index contributed by atoms with van der Waals surface area (Å²) in [5.74, 6) is -0.384. The van der Waals surface area contributed by atoms with Gasteiger partial charge in [0.15, 0.2) is 11.3 Å². The highest BCUT2D eigenvalue weighted by atomic mass is 16.6. The van der Waals surface area contributed by atoms with Crippen molar-refractivity contribution in [3.05, 3.63) is 88.7 Å². The highest BCUT2D eigenvalue weighted by Gasteiger charge is 2.49. The van der Waals surface area contributed by atoms with E-state index >= 15 is 0 Å². The Morgan fingerprint density at radius 2 is 1.24 bits per heavy atom. The molecule has 33 heavy (non-hydrogen) atoms. The zero-order valence-electron chi connectivity index (χ0n) is 20.3. The van der Waals surface area contributed by atoms with Gasteiger partial charge in [-0.2, -0.15) is 0 Å². The van der Waals surface area contributed by atoms with Crippen molar-refractivity contribution in [2.45, 2.75) is 40.2 Å². The van der Waals surface area contributed by atoms with Gasteiger partial charge in [0.1, 0.15) is 0 Å². The molecule has 1 aliphatic rings. The van der Waals surface area contributed by atoms with Crippen molar-refractivity contribution >= 4 is 17.3 Å². The molecule has 0 radical (unpaired) electrons. The van der Waals surface area contributed by atoms with E-state index in [1.54, 1.807) is 6.20 Å². The van der Waals surface area contributed by atoms with Gasteiger partial charge in [-0.25, -0.2) is 9.78 Å². The second-order valence-corrected chi connectivity index (χ2v) is 8.42. The molecule has 0 aliphatic carbocycles. The molecule has 0 fully saturated rings. The molecule has 0 bridgehead atoms. The number of carbonyl (C=O) groups excluding carboxylic acids is 1. The van der Waals surface area contributed by atoms with Crippen molar-refractivity contribution in [2.75, 3.05) is 36.0 Å². The van der Waals surface area contributed by atoms with E-state index in [2.05, 4.69) is 91.0 Å². The summed E-state index contributed by atoms with van der Waals surface area (Å²) in [6.45, 7) is 14.4. The summed E-state index contributed by atoms with van der Waals surface area (Å²) in [5.41, 5.74) is 5.33. The van der Waals surface area contributed by atoms with Gasteiger partial charge in [0.05, 0.1) is 0 Å². The first-order valence-corrected chi connectivity index (χ1v) is 11.9. The predicted octanol–water partition coefficient (Wildman–Crippen LogP) is 5.54. The van der Waals surface area contributed by atoms with Gasteiger partial charge < -0.3 is 14.5 Å². The first-order valence-electron chi connectivity index (χ1n) is 11.9. The molecule has 4 rings (SSSR count). The molecule has 1 aliphatic heterocycles. The lowest BCUT2D eigenvalue weighted by Crippen LogP contribution is -2.30. The molecule has 5 heteroatoms. The molecule has 2 aromatic carbocycles. The summed E-state index contributed by atoms with van der Waals surface area (Å²) in [6, 6.07) is 18.8. The molecule has 172 valence electrons. The van der Waals surface area contributed by atoms with E-state index in [4.69, 9.17) is 4.74 Å². The molecule has 0 amide bonds. The molecule has 0 unspecified atom stereocenters. The third-order valence-corrected chi connectivity index (χ3v) is 6.65. The Hall–Kier alpha value is -3.34. The number of rotatable bonds is 8. The summed E-state index contributed by atoms with van der Waals surface area (Å²) in [7, 11) is 0. The molecule has 0 saturated carbocycles. The zero-order chi connectivity index (χ0) is 23.6. The average molecular weight is 444 g/mol. The van der Waals surface area contributed by atoms with Gasteiger partial charge in [-0.05, 0) is 70.5 Å². The monoisotopic (exact) mass is 443 g/mol. The Bertz CT molecular complexity index is 1060. The van der Waals surface area contributed by atoms with Crippen LogP contribution in [0.5, 0.6) is 0 Å². The van der Waals surface area contributed by atoms with E-state index < -0.39 is 5.60 Å². The highest BCUT2D eigenvalue weighted by molar-refractivity contribution is 5.94. The fraction of sp³-hybridized carbons (Fsp3) is 0.357. The number of cyclic esters (lactones) is 1. The van der Waals surface area contributed by atoms with E-state index in [1.807, 2.05) is 13.0 Å². The molecular weight excluding hydrogens is 410 g/mol. The molecule has 1 aromatic heterocycles. The summed E-state index contributed by atoms with van der Waals surface area (Å²) in [4.78, 5) is 22.0. The fourth-order valence-electron chi connectivity index (χ4n) is 4.83. The quantitative estimate of drug-likeness (QED) is 0.428. The van der Waals surface area contributed by atoms with Gasteiger partial charge in [0.2, 0.25) is 0 Å². The van der Waals surface area contributed by atoms with Crippen LogP contribution in [-0.4, -0.2) is 37.1 Å². The van der Waals surface area contributed by atoms with Gasteiger partial charge in [0.25, 0.3) is 0 Å². The highest BCUT2D eigenvalue weighted by Crippen LogP contribution is 2.47. The van der Waals surface area contributed by atoms with Crippen LogP contribution in [-0.2, 0) is 10.3 Å². The van der Waals surface area contributed by atoms with Crippen LogP contribution in [0.4, 0.5) is 11.4 Å². The topological polar surface area (TPSA) is 45.7 Å². The Kier molecular flexibility index (Phi) is 6.41. The number of fused-ring (bicyclic) bond motifs is 1. The van der Waals surface area contributed by atoms with E-state index in [1.165, 1.54) is 0 Å². The van der Waals surface area contributed by atoms with E-state index in [9.17, 15) is 4.79 Å². The minimum absolute atomic E-state index is 0.384. The zero-order valence-corrected chi connectivity index (χ0v) is 20.3. The Morgan fingerprint density at radius 3 is 1.67 bits per heavy atom. The standard InChI is InChI=1S/C28H33N3O2/c1-6-30(7-2)23-14-10-21(11-15-23)28(22-12-16-24(17-13-22)31(8-3)9-4)25-18-20(5)19-29-26(25)27(32)33-28/h10-19H,6-9H2,1-5H3. The van der Waals surface area contributed by atoms with Crippen LogP contribution >= 0.6 is 0 Å². The van der Waals surface area contributed by atoms with Crippen molar-refractivity contribution in [3.8, 4) is 0 Å². The molecule has 0 atom stereocenters. The van der Waals surface area contributed by atoms with Crippen molar-refractivity contribution in [1.29, 1.82) is 0 Å². The minimum atomic E-state index is -1.02. The molecule has 3 aromatic rings. The van der Waals surface area contributed by atoms with E-state index in [0.717, 1.165) is 59.8 Å². The van der Waals surface area contributed by atoms with Crippen molar-refractivity contribution in [2.24, 2.45) is 0 Å². The van der Waals surface area contributed by atoms with E-state index in [-0.39, 0.29) is 5.97 Å². The number of nitrogens with zero attached hydrogens (tertiary/aromatic N) is 3. The lowest BCUT2D eigenvalue weighted by atomic mass is 9.80. The number of hydrogen-bond donors (Lipinski definition) is 0. The first-order chi connectivity index (χ1) is 16.0. The number of anilines is 2. The van der Waals surface area contributed by atoms with Crippen LogP contribution in [0.1, 0.15) is 60.4 Å². The Labute approximate surface area is 197 Å². The lowest BCUT2D eigenvalue weighted by Gasteiger charge is -2.31. The molecule has 0 N–H and O–H groups in total. The summed E-state index contributed by atoms with van der Waals surface area (Å²) < 4.78 is 6.22. The van der Waals surface area contributed by atoms with Crippen molar-refractivity contribution in [1.82, 2.24) is 4.98 Å². The average Bonchev–Trinajstić information content (AvgIpc) is 3.14. The van der Waals surface area contributed by atoms with Gasteiger partial charge in [-0.15, -0.1) is 0 Å². The number of aryl methyl sites for hydroxylation is 1. The fourth-order valence-corrected chi connectivity index (χ4v) is 4.83. The smallest absolute Gasteiger partial charge is 0.358 e. The van der Waals surface area contributed by atoms with Crippen LogP contribution in [0.3, 0.4) is 0 Å². The number of benzene rings is 2. The summed E-state index contributed by atoms with van der Waals surface area (Å²) in [5, 5.41) is 0. The largest absolute Gasteiger partial charge is 0.439 e. The number of hydrogen-bond acceptors (Lipinski definition) is 5. The number of esters is 1. The van der Waals surface area contributed by atoms with Crippen LogP contribution in [0.15, 0.2) is 60.8 Å². The lowest BCUT2D eigenvalue weighted by molar-refractivity contribution is 0.0249. The number of carbonyl (C=O) groups is 1. The second kappa shape index (κ2) is 9.26. The third-order valence-electron chi connectivity index (χ3n) is 6.65. The number of ether oxygens (including phenoxy) is 1. The predicted molar refractivity (Wildman–Crippen MR) is 134 cm³/mol. The van der Waals surface area contributed by atoms with Crippen LogP contribution in [0.25, 0.3) is 0 Å². The van der Waals surface area contributed by atoms with Crippen LogP contribution < -0.4 is 9.80 Å². The SMILES string of the molecule is CCN(CC)c1ccc(C2(c3ccc(N(CC)CC)cc3)OC(=O)c3ncc(C)cc32)cc1. The first kappa shape index (κ1) is 22.8. The van der Waals surface area contributed by atoms with Crippen molar-refractivity contribution < 1.29 is 9.53 Å². The number of pyridine rings is 1.